The Morgan fingerprint density at radius 3 is 3.09 bits per heavy atom. The molecule has 0 aliphatic carbocycles. The van der Waals surface area contributed by atoms with Gasteiger partial charge in [0.25, 0.3) is 5.91 Å². The summed E-state index contributed by atoms with van der Waals surface area (Å²) in [6, 6.07) is 0. The number of aliphatic carboxylic acids is 1. The van der Waals surface area contributed by atoms with Gasteiger partial charge in [0.2, 0.25) is 5.95 Å². The molecular weight excluding hydrogens is 288 g/mol. The van der Waals surface area contributed by atoms with Crippen LogP contribution in [0.5, 0.6) is 0 Å². The number of nitrogens with zero attached hydrogens (tertiary/aromatic N) is 5. The molecule has 2 aromatic rings. The molecule has 0 spiro atoms. The van der Waals surface area contributed by atoms with E-state index in [0.29, 0.717) is 11.5 Å². The summed E-state index contributed by atoms with van der Waals surface area (Å²) in [6.07, 6.45) is 4.68. The molecule has 2 aromatic heterocycles. The van der Waals surface area contributed by atoms with Crippen molar-refractivity contribution in [2.24, 2.45) is 5.92 Å². The number of carboxylic acid groups (broad SMARTS) is 1. The average molecular weight is 304 g/mol. The van der Waals surface area contributed by atoms with Gasteiger partial charge in [0.05, 0.1) is 17.5 Å². The van der Waals surface area contributed by atoms with E-state index in [4.69, 9.17) is 5.11 Å². The van der Waals surface area contributed by atoms with Crippen LogP contribution in [0.15, 0.2) is 12.5 Å². The summed E-state index contributed by atoms with van der Waals surface area (Å²) in [5.74, 6) is -0.760. The second kappa shape index (κ2) is 5.58. The quantitative estimate of drug-likeness (QED) is 0.844. The highest BCUT2D eigenvalue weighted by molar-refractivity contribution is 6.04. The number of aryl methyl sites for hydroxylation is 1. The van der Waals surface area contributed by atoms with Crippen LogP contribution in [0.25, 0.3) is 0 Å². The molecular formula is C13H16N6O3. The molecule has 116 valence electrons. The summed E-state index contributed by atoms with van der Waals surface area (Å²) in [5.41, 5.74) is 1.43. The minimum Gasteiger partial charge on any atom is -0.480 e. The highest BCUT2D eigenvalue weighted by Gasteiger charge is 2.23. The van der Waals surface area contributed by atoms with Crippen LogP contribution in [0.4, 0.5) is 5.95 Å². The fraction of sp³-hybridized carbons (Fsp3) is 0.462. The summed E-state index contributed by atoms with van der Waals surface area (Å²) in [7, 11) is 0. The van der Waals surface area contributed by atoms with Crippen molar-refractivity contribution in [3.05, 3.63) is 23.8 Å². The van der Waals surface area contributed by atoms with E-state index in [1.165, 1.54) is 6.33 Å². The highest BCUT2D eigenvalue weighted by atomic mass is 16.4. The van der Waals surface area contributed by atoms with Crippen molar-refractivity contribution in [2.75, 3.05) is 5.32 Å². The lowest BCUT2D eigenvalue weighted by Crippen LogP contribution is -2.21. The Kier molecular flexibility index (Phi) is 3.61. The van der Waals surface area contributed by atoms with Crippen molar-refractivity contribution in [1.82, 2.24) is 24.5 Å². The second-order valence-corrected chi connectivity index (χ2v) is 5.44. The molecule has 3 heterocycles. The van der Waals surface area contributed by atoms with Gasteiger partial charge in [-0.2, -0.15) is 5.10 Å². The molecule has 1 aliphatic heterocycles. The molecule has 0 radical (unpaired) electrons. The van der Waals surface area contributed by atoms with Gasteiger partial charge in [-0.15, -0.1) is 5.10 Å². The number of hydrogen-bond acceptors (Lipinski definition) is 5. The number of rotatable bonds is 4. The number of carboxylic acids is 1. The molecule has 0 saturated heterocycles. The van der Waals surface area contributed by atoms with Gasteiger partial charge >= 0.3 is 5.97 Å². The normalized spacial score (nSPS) is 17.0. The van der Waals surface area contributed by atoms with Gasteiger partial charge in [0, 0.05) is 6.54 Å². The minimum atomic E-state index is -1.03. The molecule has 3 rings (SSSR count). The van der Waals surface area contributed by atoms with E-state index in [9.17, 15) is 9.59 Å². The number of nitrogens with one attached hydrogen (secondary N) is 1. The van der Waals surface area contributed by atoms with E-state index in [1.54, 1.807) is 6.20 Å². The Hall–Kier alpha value is -2.71. The van der Waals surface area contributed by atoms with Crippen molar-refractivity contribution in [3.63, 3.8) is 0 Å². The van der Waals surface area contributed by atoms with E-state index in [-0.39, 0.29) is 18.4 Å². The van der Waals surface area contributed by atoms with Gasteiger partial charge in [-0.3, -0.25) is 19.6 Å². The number of aromatic nitrogens is 5. The number of carbonyl (C=O) groups is 2. The Bertz CT molecular complexity index is 719. The zero-order valence-electron chi connectivity index (χ0n) is 12.1. The maximum Gasteiger partial charge on any atom is 0.325 e. The number of hydrogen-bond donors (Lipinski definition) is 2. The lowest BCUT2D eigenvalue weighted by atomic mass is 9.96. The van der Waals surface area contributed by atoms with E-state index in [0.717, 1.165) is 29.8 Å². The Balaban J connectivity index is 1.74. The first-order valence-corrected chi connectivity index (χ1v) is 7.00. The van der Waals surface area contributed by atoms with Crippen molar-refractivity contribution in [3.8, 4) is 0 Å². The van der Waals surface area contributed by atoms with Gasteiger partial charge < -0.3 is 5.11 Å². The molecule has 9 heteroatoms. The van der Waals surface area contributed by atoms with Crippen molar-refractivity contribution in [1.29, 1.82) is 0 Å². The zero-order valence-corrected chi connectivity index (χ0v) is 12.1. The topological polar surface area (TPSA) is 115 Å². The molecule has 1 atom stereocenters. The Morgan fingerprint density at radius 2 is 2.32 bits per heavy atom. The number of amides is 1. The first-order chi connectivity index (χ1) is 10.5. The molecule has 0 bridgehead atoms. The molecule has 1 aliphatic rings. The van der Waals surface area contributed by atoms with Crippen LogP contribution in [0.3, 0.4) is 0 Å². The van der Waals surface area contributed by atoms with Crippen molar-refractivity contribution in [2.45, 2.75) is 32.9 Å². The first kappa shape index (κ1) is 14.2. The van der Waals surface area contributed by atoms with Crippen LogP contribution in [0, 0.1) is 5.92 Å². The van der Waals surface area contributed by atoms with Crippen molar-refractivity contribution < 1.29 is 14.7 Å². The lowest BCUT2D eigenvalue weighted by molar-refractivity contribution is -0.137. The predicted octanol–water partition coefficient (Wildman–Crippen LogP) is 0.394. The SMILES string of the molecule is CC1CCn2ncc(C(=O)Nc3ncn(CC(=O)O)n3)c2C1. The maximum atomic E-state index is 12.3. The third-order valence-electron chi connectivity index (χ3n) is 3.63. The molecule has 0 aromatic carbocycles. The summed E-state index contributed by atoms with van der Waals surface area (Å²) < 4.78 is 3.00. The molecule has 0 fully saturated rings. The zero-order chi connectivity index (χ0) is 15.7. The molecule has 1 amide bonds. The number of anilines is 1. The first-order valence-electron chi connectivity index (χ1n) is 7.00. The van der Waals surface area contributed by atoms with Gasteiger partial charge in [-0.25, -0.2) is 9.67 Å². The smallest absolute Gasteiger partial charge is 0.325 e. The Morgan fingerprint density at radius 1 is 1.50 bits per heavy atom. The largest absolute Gasteiger partial charge is 0.480 e. The van der Waals surface area contributed by atoms with E-state index < -0.39 is 5.97 Å². The van der Waals surface area contributed by atoms with E-state index in [1.807, 2.05) is 4.68 Å². The standard InChI is InChI=1S/C13H16N6O3/c1-8-2-3-19-10(4-8)9(5-15-19)12(22)16-13-14-7-18(17-13)6-11(20)21/h5,7-8H,2-4,6H2,1H3,(H,20,21)(H,16,17,22). The third-order valence-corrected chi connectivity index (χ3v) is 3.63. The van der Waals surface area contributed by atoms with Gasteiger partial charge in [-0.05, 0) is 18.8 Å². The van der Waals surface area contributed by atoms with Crippen LogP contribution >= 0.6 is 0 Å². The van der Waals surface area contributed by atoms with Crippen LogP contribution in [-0.4, -0.2) is 41.5 Å². The fourth-order valence-corrected chi connectivity index (χ4v) is 2.52. The number of fused-ring (bicyclic) bond motifs is 1. The average Bonchev–Trinajstić information content (AvgIpc) is 3.04. The summed E-state index contributed by atoms with van der Waals surface area (Å²) >= 11 is 0. The molecule has 9 nitrogen and oxygen atoms in total. The van der Waals surface area contributed by atoms with Gasteiger partial charge in [0.1, 0.15) is 12.9 Å². The van der Waals surface area contributed by atoms with Crippen LogP contribution in [0.1, 0.15) is 29.4 Å². The molecule has 2 N–H and O–H groups in total. The Labute approximate surface area is 126 Å². The summed E-state index contributed by atoms with van der Waals surface area (Å²) in [5, 5.41) is 19.4. The van der Waals surface area contributed by atoms with Crippen LogP contribution in [-0.2, 0) is 24.3 Å². The second-order valence-electron chi connectivity index (χ2n) is 5.44. The van der Waals surface area contributed by atoms with E-state index >= 15 is 0 Å². The van der Waals surface area contributed by atoms with Crippen LogP contribution < -0.4 is 5.32 Å². The van der Waals surface area contributed by atoms with E-state index in [2.05, 4.69) is 27.4 Å². The monoisotopic (exact) mass is 304 g/mol. The third kappa shape index (κ3) is 2.83. The fourth-order valence-electron chi connectivity index (χ4n) is 2.52. The molecule has 0 saturated carbocycles. The summed E-state index contributed by atoms with van der Waals surface area (Å²) in [4.78, 5) is 26.8. The van der Waals surface area contributed by atoms with Crippen molar-refractivity contribution >= 4 is 17.8 Å². The molecule has 1 unspecified atom stereocenters. The van der Waals surface area contributed by atoms with Gasteiger partial charge in [-0.1, -0.05) is 6.92 Å². The lowest BCUT2D eigenvalue weighted by Gasteiger charge is -2.20. The number of carbonyl (C=O) groups excluding carboxylic acids is 1. The predicted molar refractivity (Wildman–Crippen MR) is 75.3 cm³/mol. The maximum absolute atomic E-state index is 12.3. The minimum absolute atomic E-state index is 0.0788. The summed E-state index contributed by atoms with van der Waals surface area (Å²) in [6.45, 7) is 2.66. The highest BCUT2D eigenvalue weighted by Crippen LogP contribution is 2.22. The van der Waals surface area contributed by atoms with Crippen LogP contribution in [0.2, 0.25) is 0 Å². The van der Waals surface area contributed by atoms with Gasteiger partial charge in [0.15, 0.2) is 0 Å². The molecule has 22 heavy (non-hydrogen) atoms.